The minimum absolute atomic E-state index is 0.0316. The van der Waals surface area contributed by atoms with E-state index in [9.17, 15) is 9.18 Å². The number of carbonyl (C=O) groups excluding carboxylic acids is 1. The van der Waals surface area contributed by atoms with Crippen LogP contribution in [0.1, 0.15) is 12.0 Å². The van der Waals surface area contributed by atoms with Gasteiger partial charge in [0.2, 0.25) is 5.91 Å². The van der Waals surface area contributed by atoms with Crippen LogP contribution in [0.15, 0.2) is 24.3 Å². The van der Waals surface area contributed by atoms with E-state index in [1.54, 1.807) is 12.1 Å². The van der Waals surface area contributed by atoms with Gasteiger partial charge in [-0.3, -0.25) is 4.79 Å². The van der Waals surface area contributed by atoms with E-state index < -0.39 is 0 Å². The van der Waals surface area contributed by atoms with Crippen LogP contribution in [-0.4, -0.2) is 37.0 Å². The Bertz CT molecular complexity index is 408. The van der Waals surface area contributed by atoms with Crippen molar-refractivity contribution in [1.82, 2.24) is 10.2 Å². The smallest absolute Gasteiger partial charge is 0.224 e. The van der Waals surface area contributed by atoms with E-state index in [4.69, 9.17) is 0 Å². The molecule has 92 valence electrons. The van der Waals surface area contributed by atoms with Crippen molar-refractivity contribution in [3.8, 4) is 0 Å². The second kappa shape index (κ2) is 5.27. The van der Waals surface area contributed by atoms with Crippen LogP contribution in [0.5, 0.6) is 0 Å². The number of halogens is 1. The number of likely N-dealkylation sites (N-methyl/N-ethyl adjacent to an activating group) is 1. The molecule has 1 aromatic rings. The molecule has 2 rings (SSSR count). The molecule has 1 aliphatic rings. The first-order valence-corrected chi connectivity index (χ1v) is 5.86. The van der Waals surface area contributed by atoms with Gasteiger partial charge in [-0.1, -0.05) is 12.1 Å². The second-order valence-corrected chi connectivity index (χ2v) is 4.62. The zero-order valence-electron chi connectivity index (χ0n) is 9.95. The molecule has 3 nitrogen and oxygen atoms in total. The molecule has 1 aromatic carbocycles. The first-order valence-electron chi connectivity index (χ1n) is 5.86. The Hall–Kier alpha value is -1.42. The zero-order valence-corrected chi connectivity index (χ0v) is 9.95. The van der Waals surface area contributed by atoms with Gasteiger partial charge in [-0.15, -0.1) is 0 Å². The summed E-state index contributed by atoms with van der Waals surface area (Å²) in [4.78, 5) is 13.9. The molecule has 4 heteroatoms. The fourth-order valence-electron chi connectivity index (χ4n) is 2.16. The number of carbonyl (C=O) groups is 1. The summed E-state index contributed by atoms with van der Waals surface area (Å²) in [6.07, 6.45) is 1.24. The number of benzene rings is 1. The fraction of sp³-hybridized carbons (Fsp3) is 0.462. The minimum atomic E-state index is -0.295. The van der Waals surface area contributed by atoms with Crippen molar-refractivity contribution in [3.63, 3.8) is 0 Å². The highest BCUT2D eigenvalue weighted by Gasteiger charge is 2.20. The van der Waals surface area contributed by atoms with Crippen LogP contribution in [0, 0.1) is 5.82 Å². The van der Waals surface area contributed by atoms with Crippen molar-refractivity contribution >= 4 is 5.91 Å². The molecule has 0 bridgehead atoms. The van der Waals surface area contributed by atoms with Crippen molar-refractivity contribution in [1.29, 1.82) is 0 Å². The highest BCUT2D eigenvalue weighted by Crippen LogP contribution is 2.08. The average Bonchev–Trinajstić information content (AvgIpc) is 2.63. The van der Waals surface area contributed by atoms with E-state index in [0.717, 1.165) is 19.5 Å². The van der Waals surface area contributed by atoms with Gasteiger partial charge in [0.15, 0.2) is 0 Å². The predicted octanol–water partition coefficient (Wildman–Crippen LogP) is 1.19. The molecule has 1 unspecified atom stereocenters. The molecule has 1 atom stereocenters. The van der Waals surface area contributed by atoms with E-state index >= 15 is 0 Å². The molecule has 0 spiro atoms. The van der Waals surface area contributed by atoms with Crippen molar-refractivity contribution in [2.75, 3.05) is 20.1 Å². The van der Waals surface area contributed by atoms with E-state index in [-0.39, 0.29) is 24.2 Å². The molecule has 0 saturated carbocycles. The summed E-state index contributed by atoms with van der Waals surface area (Å²) in [5.74, 6) is -0.327. The first kappa shape index (κ1) is 12.0. The Morgan fingerprint density at radius 1 is 1.59 bits per heavy atom. The van der Waals surface area contributed by atoms with Crippen molar-refractivity contribution in [3.05, 3.63) is 35.6 Å². The van der Waals surface area contributed by atoms with Gasteiger partial charge in [-0.2, -0.15) is 0 Å². The third-order valence-corrected chi connectivity index (χ3v) is 3.01. The van der Waals surface area contributed by atoms with Crippen LogP contribution >= 0.6 is 0 Å². The maximum atomic E-state index is 12.9. The van der Waals surface area contributed by atoms with Crippen LogP contribution in [0.2, 0.25) is 0 Å². The summed E-state index contributed by atoms with van der Waals surface area (Å²) in [7, 11) is 2.04. The molecule has 1 N–H and O–H groups in total. The van der Waals surface area contributed by atoms with Gasteiger partial charge in [-0.05, 0) is 37.7 Å². The maximum absolute atomic E-state index is 12.9. The monoisotopic (exact) mass is 236 g/mol. The number of likely N-dealkylation sites (tertiary alicyclic amines) is 1. The van der Waals surface area contributed by atoms with E-state index in [1.165, 1.54) is 12.1 Å². The van der Waals surface area contributed by atoms with E-state index in [0.29, 0.717) is 5.56 Å². The largest absolute Gasteiger partial charge is 0.352 e. The topological polar surface area (TPSA) is 32.3 Å². The minimum Gasteiger partial charge on any atom is -0.352 e. The number of hydrogen-bond donors (Lipinski definition) is 1. The summed E-state index contributed by atoms with van der Waals surface area (Å²) in [5, 5.41) is 2.97. The Labute approximate surface area is 101 Å². The summed E-state index contributed by atoms with van der Waals surface area (Å²) in [6, 6.07) is 6.42. The van der Waals surface area contributed by atoms with Crippen molar-refractivity contribution in [2.24, 2.45) is 0 Å². The molecule has 1 heterocycles. The SMILES string of the molecule is CN1CCC(NC(=O)Cc2cccc(F)c2)C1. The normalized spacial score (nSPS) is 20.5. The van der Waals surface area contributed by atoms with Crippen LogP contribution in [0.4, 0.5) is 4.39 Å². The third kappa shape index (κ3) is 3.53. The standard InChI is InChI=1S/C13H17FN2O/c1-16-6-5-12(9-16)15-13(17)8-10-3-2-4-11(14)7-10/h2-4,7,12H,5-6,8-9H2,1H3,(H,15,17). The third-order valence-electron chi connectivity index (χ3n) is 3.01. The Morgan fingerprint density at radius 3 is 3.06 bits per heavy atom. The number of rotatable bonds is 3. The maximum Gasteiger partial charge on any atom is 0.224 e. The van der Waals surface area contributed by atoms with Gasteiger partial charge in [0.25, 0.3) is 0 Å². The summed E-state index contributed by atoms with van der Waals surface area (Å²) in [6.45, 7) is 1.92. The summed E-state index contributed by atoms with van der Waals surface area (Å²) in [5.41, 5.74) is 0.717. The second-order valence-electron chi connectivity index (χ2n) is 4.62. The molecular formula is C13H17FN2O. The van der Waals surface area contributed by atoms with Crippen molar-refractivity contribution in [2.45, 2.75) is 18.9 Å². The van der Waals surface area contributed by atoms with Gasteiger partial charge in [-0.25, -0.2) is 4.39 Å². The molecule has 0 aliphatic carbocycles. The average molecular weight is 236 g/mol. The molecule has 0 radical (unpaired) electrons. The van der Waals surface area contributed by atoms with Crippen LogP contribution in [0.25, 0.3) is 0 Å². The lowest BCUT2D eigenvalue weighted by Crippen LogP contribution is -2.37. The lowest BCUT2D eigenvalue weighted by Gasteiger charge is -2.12. The van der Waals surface area contributed by atoms with Crippen LogP contribution < -0.4 is 5.32 Å². The van der Waals surface area contributed by atoms with Gasteiger partial charge >= 0.3 is 0 Å². The first-order chi connectivity index (χ1) is 8.13. The van der Waals surface area contributed by atoms with E-state index in [2.05, 4.69) is 10.2 Å². The molecule has 0 aromatic heterocycles. The molecule has 1 amide bonds. The van der Waals surface area contributed by atoms with Crippen molar-refractivity contribution < 1.29 is 9.18 Å². The number of nitrogens with one attached hydrogen (secondary N) is 1. The van der Waals surface area contributed by atoms with Crippen LogP contribution in [-0.2, 0) is 11.2 Å². The molecule has 1 fully saturated rings. The zero-order chi connectivity index (χ0) is 12.3. The quantitative estimate of drug-likeness (QED) is 0.855. The van der Waals surface area contributed by atoms with E-state index in [1.807, 2.05) is 7.05 Å². The molecule has 1 aliphatic heterocycles. The van der Waals surface area contributed by atoms with Crippen LogP contribution in [0.3, 0.4) is 0 Å². The Balaban J connectivity index is 1.85. The highest BCUT2D eigenvalue weighted by molar-refractivity contribution is 5.78. The Kier molecular flexibility index (Phi) is 3.74. The molecule has 17 heavy (non-hydrogen) atoms. The predicted molar refractivity (Wildman–Crippen MR) is 64.1 cm³/mol. The number of nitrogens with zero attached hydrogens (tertiary/aromatic N) is 1. The fourth-order valence-corrected chi connectivity index (χ4v) is 2.16. The van der Waals surface area contributed by atoms with Gasteiger partial charge in [0.05, 0.1) is 6.42 Å². The number of hydrogen-bond acceptors (Lipinski definition) is 2. The Morgan fingerprint density at radius 2 is 2.41 bits per heavy atom. The molecule has 1 saturated heterocycles. The molecular weight excluding hydrogens is 219 g/mol. The van der Waals surface area contributed by atoms with Gasteiger partial charge in [0, 0.05) is 12.6 Å². The van der Waals surface area contributed by atoms with Gasteiger partial charge in [0.1, 0.15) is 5.82 Å². The highest BCUT2D eigenvalue weighted by atomic mass is 19.1. The lowest BCUT2D eigenvalue weighted by atomic mass is 10.1. The summed E-state index contributed by atoms with van der Waals surface area (Å²) >= 11 is 0. The lowest BCUT2D eigenvalue weighted by molar-refractivity contribution is -0.121. The van der Waals surface area contributed by atoms with Gasteiger partial charge < -0.3 is 10.2 Å². The number of amides is 1. The summed E-state index contributed by atoms with van der Waals surface area (Å²) < 4.78 is 12.9.